The van der Waals surface area contributed by atoms with E-state index < -0.39 is 31.3 Å². The maximum absolute atomic E-state index is 9.88. The molecule has 4 heteroatoms. The van der Waals surface area contributed by atoms with E-state index in [-0.39, 0.29) is 0 Å². The van der Waals surface area contributed by atoms with Crippen molar-refractivity contribution >= 4 is 0 Å². The molecule has 0 rings (SSSR count). The van der Waals surface area contributed by atoms with Gasteiger partial charge in [-0.3, -0.25) is 0 Å². The molecule has 0 spiro atoms. The Morgan fingerprint density at radius 1 is 0.824 bits per heavy atom. The normalized spacial score (nSPS) is 13.9. The molecule has 17 heavy (non-hydrogen) atoms. The molecule has 0 amide bonds. The summed E-state index contributed by atoms with van der Waals surface area (Å²) in [5.74, 6) is 0. The SMILES string of the molecule is CCCCCCCCC(O)C(CO)(CO)CO. The first-order valence-electron chi connectivity index (χ1n) is 6.67. The largest absolute Gasteiger partial charge is 0.396 e. The van der Waals surface area contributed by atoms with Crippen LogP contribution in [0, 0.1) is 5.41 Å². The van der Waals surface area contributed by atoms with E-state index in [0.717, 1.165) is 19.3 Å². The summed E-state index contributed by atoms with van der Waals surface area (Å²) < 4.78 is 0. The Balaban J connectivity index is 3.79. The Hall–Kier alpha value is -0.160. The van der Waals surface area contributed by atoms with Gasteiger partial charge in [0.2, 0.25) is 0 Å². The van der Waals surface area contributed by atoms with Crippen molar-refractivity contribution in [2.45, 2.75) is 58.0 Å². The minimum atomic E-state index is -1.15. The summed E-state index contributed by atoms with van der Waals surface area (Å²) in [5, 5.41) is 37.3. The first-order chi connectivity index (χ1) is 8.16. The van der Waals surface area contributed by atoms with Gasteiger partial charge in [-0.05, 0) is 6.42 Å². The fraction of sp³-hybridized carbons (Fsp3) is 1.00. The summed E-state index contributed by atoms with van der Waals surface area (Å²) in [4.78, 5) is 0. The molecule has 0 saturated carbocycles. The van der Waals surface area contributed by atoms with Gasteiger partial charge in [0.1, 0.15) is 0 Å². The molecule has 4 nitrogen and oxygen atoms in total. The van der Waals surface area contributed by atoms with Crippen molar-refractivity contribution in [1.82, 2.24) is 0 Å². The molecule has 0 aliphatic carbocycles. The second kappa shape index (κ2) is 9.83. The van der Waals surface area contributed by atoms with E-state index >= 15 is 0 Å². The van der Waals surface area contributed by atoms with Crippen molar-refractivity contribution in [2.24, 2.45) is 5.41 Å². The molecule has 0 radical (unpaired) electrons. The fourth-order valence-electron chi connectivity index (χ4n) is 1.89. The summed E-state index contributed by atoms with van der Waals surface area (Å²) in [6.45, 7) is 0.993. The number of hydrogen-bond acceptors (Lipinski definition) is 4. The van der Waals surface area contributed by atoms with Crippen LogP contribution >= 0.6 is 0 Å². The predicted molar refractivity (Wildman–Crippen MR) is 67.7 cm³/mol. The van der Waals surface area contributed by atoms with Crippen molar-refractivity contribution in [3.8, 4) is 0 Å². The van der Waals surface area contributed by atoms with Crippen molar-refractivity contribution in [3.63, 3.8) is 0 Å². The van der Waals surface area contributed by atoms with Gasteiger partial charge in [0.25, 0.3) is 0 Å². The maximum atomic E-state index is 9.88. The van der Waals surface area contributed by atoms with Crippen molar-refractivity contribution in [2.75, 3.05) is 19.8 Å². The third-order valence-electron chi connectivity index (χ3n) is 3.48. The van der Waals surface area contributed by atoms with Gasteiger partial charge in [0.05, 0.1) is 31.3 Å². The second-order valence-corrected chi connectivity index (χ2v) is 4.91. The number of hydrogen-bond donors (Lipinski definition) is 4. The van der Waals surface area contributed by atoms with Crippen LogP contribution in [-0.2, 0) is 0 Å². The van der Waals surface area contributed by atoms with Gasteiger partial charge in [0, 0.05) is 0 Å². The highest BCUT2D eigenvalue weighted by Crippen LogP contribution is 2.24. The average Bonchev–Trinajstić information content (AvgIpc) is 2.36. The summed E-state index contributed by atoms with van der Waals surface area (Å²) in [7, 11) is 0. The van der Waals surface area contributed by atoms with Gasteiger partial charge < -0.3 is 20.4 Å². The van der Waals surface area contributed by atoms with E-state index in [4.69, 9.17) is 15.3 Å². The molecule has 1 atom stereocenters. The highest BCUT2D eigenvalue weighted by molar-refractivity contribution is 4.84. The van der Waals surface area contributed by atoms with Gasteiger partial charge in [-0.2, -0.15) is 0 Å². The highest BCUT2D eigenvalue weighted by atomic mass is 16.3. The summed E-state index contributed by atoms with van der Waals surface area (Å²) in [6.07, 6.45) is 6.44. The second-order valence-electron chi connectivity index (χ2n) is 4.91. The van der Waals surface area contributed by atoms with Crippen molar-refractivity contribution < 1.29 is 20.4 Å². The minimum absolute atomic E-state index is 0.392. The minimum Gasteiger partial charge on any atom is -0.396 e. The lowest BCUT2D eigenvalue weighted by atomic mass is 9.82. The molecule has 0 aliphatic heterocycles. The Morgan fingerprint density at radius 3 is 1.76 bits per heavy atom. The Labute approximate surface area is 104 Å². The van der Waals surface area contributed by atoms with Crippen LogP contribution in [0.1, 0.15) is 51.9 Å². The molecule has 0 saturated heterocycles. The molecule has 0 aromatic carbocycles. The fourth-order valence-corrected chi connectivity index (χ4v) is 1.89. The first-order valence-corrected chi connectivity index (χ1v) is 6.67. The molecule has 0 aromatic rings. The zero-order chi connectivity index (χ0) is 13.1. The van der Waals surface area contributed by atoms with Crippen LogP contribution in [0.25, 0.3) is 0 Å². The molecule has 1 unspecified atom stereocenters. The van der Waals surface area contributed by atoms with Crippen molar-refractivity contribution in [1.29, 1.82) is 0 Å². The molecule has 4 N–H and O–H groups in total. The van der Waals surface area contributed by atoms with Gasteiger partial charge in [-0.1, -0.05) is 45.4 Å². The lowest BCUT2D eigenvalue weighted by Gasteiger charge is -2.32. The topological polar surface area (TPSA) is 80.9 Å². The third-order valence-corrected chi connectivity index (χ3v) is 3.48. The van der Waals surface area contributed by atoms with E-state index in [1.807, 2.05) is 0 Å². The molecular weight excluding hydrogens is 220 g/mol. The zero-order valence-electron chi connectivity index (χ0n) is 10.9. The smallest absolute Gasteiger partial charge is 0.0662 e. The quantitative estimate of drug-likeness (QED) is 0.412. The predicted octanol–water partition coefficient (Wildman–Crippen LogP) is 1.06. The van der Waals surface area contributed by atoms with E-state index in [9.17, 15) is 5.11 Å². The third kappa shape index (κ3) is 5.82. The molecule has 0 fully saturated rings. The van der Waals surface area contributed by atoms with Crippen molar-refractivity contribution in [3.05, 3.63) is 0 Å². The van der Waals surface area contributed by atoms with E-state index in [2.05, 4.69) is 6.92 Å². The van der Waals surface area contributed by atoms with Gasteiger partial charge in [-0.25, -0.2) is 0 Å². The van der Waals surface area contributed by atoms with Crippen LogP contribution in [0.15, 0.2) is 0 Å². The molecule has 0 bridgehead atoms. The summed E-state index contributed by atoms with van der Waals surface area (Å²) in [5.41, 5.74) is -1.15. The van der Waals surface area contributed by atoms with Crippen LogP contribution in [0.2, 0.25) is 0 Å². The summed E-state index contributed by atoms with van der Waals surface area (Å²) in [6, 6.07) is 0. The number of unbranched alkanes of at least 4 members (excludes halogenated alkanes) is 5. The molecule has 0 aliphatic rings. The van der Waals surface area contributed by atoms with Crippen LogP contribution < -0.4 is 0 Å². The highest BCUT2D eigenvalue weighted by Gasteiger charge is 2.35. The monoisotopic (exact) mass is 248 g/mol. The molecule has 0 aromatic heterocycles. The maximum Gasteiger partial charge on any atom is 0.0662 e. The van der Waals surface area contributed by atoms with Gasteiger partial charge >= 0.3 is 0 Å². The van der Waals surface area contributed by atoms with E-state index in [0.29, 0.717) is 6.42 Å². The van der Waals surface area contributed by atoms with E-state index in [1.165, 1.54) is 19.3 Å². The lowest BCUT2D eigenvalue weighted by Crippen LogP contribution is -2.45. The van der Waals surface area contributed by atoms with E-state index in [1.54, 1.807) is 0 Å². The van der Waals surface area contributed by atoms with Gasteiger partial charge in [-0.15, -0.1) is 0 Å². The Morgan fingerprint density at radius 2 is 1.29 bits per heavy atom. The molecule has 104 valence electrons. The van der Waals surface area contributed by atoms with Crippen LogP contribution in [0.4, 0.5) is 0 Å². The van der Waals surface area contributed by atoms with Crippen LogP contribution in [0.3, 0.4) is 0 Å². The summed E-state index contributed by atoms with van der Waals surface area (Å²) >= 11 is 0. The Bertz CT molecular complexity index is 161. The van der Waals surface area contributed by atoms with Crippen LogP contribution in [-0.4, -0.2) is 46.4 Å². The number of aliphatic hydroxyl groups excluding tert-OH is 4. The average molecular weight is 248 g/mol. The molecular formula is C13H28O4. The lowest BCUT2D eigenvalue weighted by molar-refractivity contribution is -0.0863. The zero-order valence-corrected chi connectivity index (χ0v) is 10.9. The van der Waals surface area contributed by atoms with Gasteiger partial charge in [0.15, 0.2) is 0 Å². The number of rotatable bonds is 11. The van der Waals surface area contributed by atoms with Crippen LogP contribution in [0.5, 0.6) is 0 Å². The number of aliphatic hydroxyl groups is 4. The standard InChI is InChI=1S/C13H28O4/c1-2-3-4-5-6-7-8-12(17)13(9-14,10-15)11-16/h12,14-17H,2-11H2,1H3. The Kier molecular flexibility index (Phi) is 9.74. The first kappa shape index (κ1) is 16.8. The molecule has 0 heterocycles.